The zero-order chi connectivity index (χ0) is 15.6. The van der Waals surface area contributed by atoms with Crippen LogP contribution in [0.3, 0.4) is 0 Å². The number of carbonyl (C=O) groups is 1. The van der Waals surface area contributed by atoms with Crippen LogP contribution in [-0.4, -0.2) is 10.8 Å². The zero-order valence-electron chi connectivity index (χ0n) is 12.1. The van der Waals surface area contributed by atoms with Crippen LogP contribution in [0.1, 0.15) is 27.0 Å². The van der Waals surface area contributed by atoms with Gasteiger partial charge in [0.15, 0.2) is 0 Å². The number of nitro benzene ring substituents is 1. The smallest absolute Gasteiger partial charge is 0.274 e. The molecule has 0 spiro atoms. The molecule has 21 heavy (non-hydrogen) atoms. The Morgan fingerprint density at radius 3 is 2.43 bits per heavy atom. The standard InChI is InChI=1S/C16H16N2O3/c1-10-7-8-13(9-11(10)2)16(19)17-14-5-4-6-15(12(14)3)18(20)21/h4-9H,1-3H3,(H,17,19). The van der Waals surface area contributed by atoms with E-state index in [-0.39, 0.29) is 11.6 Å². The van der Waals surface area contributed by atoms with Crippen molar-refractivity contribution in [3.05, 3.63) is 68.8 Å². The van der Waals surface area contributed by atoms with Crippen LogP contribution in [0.25, 0.3) is 0 Å². The van der Waals surface area contributed by atoms with Crippen molar-refractivity contribution < 1.29 is 9.72 Å². The summed E-state index contributed by atoms with van der Waals surface area (Å²) >= 11 is 0. The van der Waals surface area contributed by atoms with E-state index < -0.39 is 4.92 Å². The van der Waals surface area contributed by atoms with E-state index in [4.69, 9.17) is 0 Å². The lowest BCUT2D eigenvalue weighted by Crippen LogP contribution is -2.13. The largest absolute Gasteiger partial charge is 0.321 e. The molecule has 0 bridgehead atoms. The van der Waals surface area contributed by atoms with Gasteiger partial charge >= 0.3 is 0 Å². The van der Waals surface area contributed by atoms with Crippen LogP contribution in [0.4, 0.5) is 11.4 Å². The minimum absolute atomic E-state index is 0.00659. The van der Waals surface area contributed by atoms with Crippen LogP contribution < -0.4 is 5.32 Å². The van der Waals surface area contributed by atoms with E-state index in [9.17, 15) is 14.9 Å². The van der Waals surface area contributed by atoms with E-state index in [1.165, 1.54) is 6.07 Å². The van der Waals surface area contributed by atoms with Crippen LogP contribution in [0, 0.1) is 30.9 Å². The highest BCUT2D eigenvalue weighted by Gasteiger charge is 2.15. The highest BCUT2D eigenvalue weighted by atomic mass is 16.6. The second kappa shape index (κ2) is 5.75. The van der Waals surface area contributed by atoms with Crippen LogP contribution >= 0.6 is 0 Å². The topological polar surface area (TPSA) is 72.2 Å². The van der Waals surface area contributed by atoms with Gasteiger partial charge in [-0.1, -0.05) is 12.1 Å². The number of hydrogen-bond acceptors (Lipinski definition) is 3. The Morgan fingerprint density at radius 2 is 1.81 bits per heavy atom. The van der Waals surface area contributed by atoms with Crippen LogP contribution in [0.2, 0.25) is 0 Å². The number of carbonyl (C=O) groups excluding carboxylic acids is 1. The van der Waals surface area contributed by atoms with Gasteiger partial charge in [-0.05, 0) is 50.1 Å². The first-order chi connectivity index (χ1) is 9.90. The molecular formula is C16H16N2O3. The van der Waals surface area contributed by atoms with Crippen molar-refractivity contribution in [1.29, 1.82) is 0 Å². The summed E-state index contributed by atoms with van der Waals surface area (Å²) in [7, 11) is 0. The van der Waals surface area contributed by atoms with Gasteiger partial charge in [0.2, 0.25) is 0 Å². The fraction of sp³-hybridized carbons (Fsp3) is 0.188. The van der Waals surface area contributed by atoms with Crippen LogP contribution in [0.15, 0.2) is 36.4 Å². The first-order valence-electron chi connectivity index (χ1n) is 6.52. The van der Waals surface area contributed by atoms with Crippen molar-refractivity contribution in [2.24, 2.45) is 0 Å². The molecule has 2 rings (SSSR count). The third-order valence-electron chi connectivity index (χ3n) is 3.52. The highest BCUT2D eigenvalue weighted by molar-refractivity contribution is 6.05. The monoisotopic (exact) mass is 284 g/mol. The van der Waals surface area contributed by atoms with Gasteiger partial charge in [-0.2, -0.15) is 0 Å². The van der Waals surface area contributed by atoms with Gasteiger partial charge in [0.25, 0.3) is 11.6 Å². The van der Waals surface area contributed by atoms with Gasteiger partial charge in [-0.15, -0.1) is 0 Å². The fourth-order valence-corrected chi connectivity index (χ4v) is 2.03. The first-order valence-corrected chi connectivity index (χ1v) is 6.52. The Hall–Kier alpha value is -2.69. The summed E-state index contributed by atoms with van der Waals surface area (Å²) in [5, 5.41) is 13.6. The number of amides is 1. The first kappa shape index (κ1) is 14.7. The molecule has 0 saturated heterocycles. The van der Waals surface area contributed by atoms with Gasteiger partial charge < -0.3 is 5.32 Å². The second-order valence-corrected chi connectivity index (χ2v) is 4.96. The summed E-state index contributed by atoms with van der Waals surface area (Å²) in [6, 6.07) is 10.1. The molecule has 0 unspecified atom stereocenters. The van der Waals surface area contributed by atoms with E-state index in [1.807, 2.05) is 19.9 Å². The number of hydrogen-bond donors (Lipinski definition) is 1. The Kier molecular flexibility index (Phi) is 4.03. The van der Waals surface area contributed by atoms with E-state index in [1.54, 1.807) is 31.2 Å². The average Bonchev–Trinajstić information content (AvgIpc) is 2.43. The third kappa shape index (κ3) is 3.08. The van der Waals surface area contributed by atoms with E-state index in [2.05, 4.69) is 5.32 Å². The van der Waals surface area contributed by atoms with Crippen molar-refractivity contribution in [2.45, 2.75) is 20.8 Å². The van der Waals surface area contributed by atoms with Crippen molar-refractivity contribution in [1.82, 2.24) is 0 Å². The molecule has 1 amide bonds. The molecule has 108 valence electrons. The Bertz CT molecular complexity index is 723. The average molecular weight is 284 g/mol. The molecular weight excluding hydrogens is 268 g/mol. The molecule has 2 aromatic rings. The van der Waals surface area contributed by atoms with Crippen LogP contribution in [0.5, 0.6) is 0 Å². The summed E-state index contributed by atoms with van der Waals surface area (Å²) < 4.78 is 0. The van der Waals surface area contributed by atoms with Crippen molar-refractivity contribution in [2.75, 3.05) is 5.32 Å². The Morgan fingerprint density at radius 1 is 1.10 bits per heavy atom. The number of nitrogens with one attached hydrogen (secondary N) is 1. The second-order valence-electron chi connectivity index (χ2n) is 4.96. The molecule has 5 heteroatoms. The molecule has 0 atom stereocenters. The van der Waals surface area contributed by atoms with Gasteiger partial charge in [-0.3, -0.25) is 14.9 Å². The number of rotatable bonds is 3. The molecule has 1 N–H and O–H groups in total. The van der Waals surface area contributed by atoms with Crippen LogP contribution in [-0.2, 0) is 0 Å². The lowest BCUT2D eigenvalue weighted by molar-refractivity contribution is -0.385. The van der Waals surface area contributed by atoms with Crippen molar-refractivity contribution >= 4 is 17.3 Å². The molecule has 5 nitrogen and oxygen atoms in total. The summed E-state index contributed by atoms with van der Waals surface area (Å²) in [6.45, 7) is 5.53. The molecule has 0 aromatic heterocycles. The molecule has 0 fully saturated rings. The maximum absolute atomic E-state index is 12.2. The maximum atomic E-state index is 12.2. The zero-order valence-corrected chi connectivity index (χ0v) is 12.1. The van der Waals surface area contributed by atoms with E-state index in [0.29, 0.717) is 16.8 Å². The quantitative estimate of drug-likeness (QED) is 0.688. The Labute approximate surface area is 122 Å². The van der Waals surface area contributed by atoms with E-state index in [0.717, 1.165) is 11.1 Å². The molecule has 0 aliphatic carbocycles. The van der Waals surface area contributed by atoms with Gasteiger partial charge in [0.05, 0.1) is 16.2 Å². The lowest BCUT2D eigenvalue weighted by Gasteiger charge is -2.09. The van der Waals surface area contributed by atoms with E-state index >= 15 is 0 Å². The number of benzene rings is 2. The number of nitrogens with zero attached hydrogens (tertiary/aromatic N) is 1. The minimum Gasteiger partial charge on any atom is -0.321 e. The normalized spacial score (nSPS) is 10.2. The molecule has 2 aromatic carbocycles. The third-order valence-corrected chi connectivity index (χ3v) is 3.52. The molecule has 0 aliphatic heterocycles. The molecule has 0 saturated carbocycles. The summed E-state index contributed by atoms with van der Waals surface area (Å²) in [4.78, 5) is 22.7. The predicted molar refractivity (Wildman–Crippen MR) is 81.7 cm³/mol. The molecule has 0 radical (unpaired) electrons. The van der Waals surface area contributed by atoms with Crippen molar-refractivity contribution in [3.63, 3.8) is 0 Å². The van der Waals surface area contributed by atoms with Crippen molar-refractivity contribution in [3.8, 4) is 0 Å². The highest BCUT2D eigenvalue weighted by Crippen LogP contribution is 2.25. The summed E-state index contributed by atoms with van der Waals surface area (Å²) in [5.41, 5.74) is 3.56. The molecule has 0 aliphatic rings. The molecule has 0 heterocycles. The predicted octanol–water partition coefficient (Wildman–Crippen LogP) is 3.77. The maximum Gasteiger partial charge on any atom is 0.274 e. The number of aryl methyl sites for hydroxylation is 2. The lowest BCUT2D eigenvalue weighted by atomic mass is 10.1. The fourth-order valence-electron chi connectivity index (χ4n) is 2.03. The number of anilines is 1. The summed E-state index contributed by atoms with van der Waals surface area (Å²) in [6.07, 6.45) is 0. The Balaban J connectivity index is 2.29. The van der Waals surface area contributed by atoms with Gasteiger partial charge in [0.1, 0.15) is 0 Å². The van der Waals surface area contributed by atoms with Gasteiger partial charge in [0, 0.05) is 11.6 Å². The number of nitro groups is 1. The minimum atomic E-state index is -0.457. The van der Waals surface area contributed by atoms with Gasteiger partial charge in [-0.25, -0.2) is 0 Å². The summed E-state index contributed by atoms with van der Waals surface area (Å²) in [5.74, 6) is -0.276. The SMILES string of the molecule is Cc1ccc(C(=O)Nc2cccc([N+](=O)[O-])c2C)cc1C.